The van der Waals surface area contributed by atoms with E-state index in [1.807, 2.05) is 6.92 Å². The van der Waals surface area contributed by atoms with Crippen LogP contribution in [-0.2, 0) is 19.3 Å². The Bertz CT molecular complexity index is 682. The molecule has 0 atom stereocenters. The highest BCUT2D eigenvalue weighted by atomic mass is 15.4. The summed E-state index contributed by atoms with van der Waals surface area (Å²) in [7, 11) is 0. The van der Waals surface area contributed by atoms with E-state index >= 15 is 0 Å². The van der Waals surface area contributed by atoms with E-state index < -0.39 is 0 Å². The van der Waals surface area contributed by atoms with Gasteiger partial charge in [-0.2, -0.15) is 5.10 Å². The molecule has 0 bridgehead atoms. The van der Waals surface area contributed by atoms with Gasteiger partial charge in [-0.3, -0.25) is 0 Å². The van der Waals surface area contributed by atoms with E-state index in [1.165, 1.54) is 11.1 Å². The fourth-order valence-corrected chi connectivity index (χ4v) is 2.65. The van der Waals surface area contributed by atoms with Crippen LogP contribution in [0, 0.1) is 5.92 Å². The summed E-state index contributed by atoms with van der Waals surface area (Å²) in [6, 6.07) is 10.5. The minimum atomic E-state index is 0.576. The number of benzene rings is 1. The number of hydrogen-bond donors (Lipinski definition) is 1. The van der Waals surface area contributed by atoms with Gasteiger partial charge in [-0.05, 0) is 43.7 Å². The van der Waals surface area contributed by atoms with Gasteiger partial charge in [0, 0.05) is 17.0 Å². The highest BCUT2D eigenvalue weighted by Crippen LogP contribution is 2.15. The average molecular weight is 324 g/mol. The number of nitrogens with one attached hydrogen (secondary N) is 1. The van der Waals surface area contributed by atoms with Crippen molar-refractivity contribution in [1.82, 2.24) is 9.97 Å². The molecule has 1 aromatic carbocycles. The fourth-order valence-electron chi connectivity index (χ4n) is 2.65. The molecule has 0 spiro atoms. The van der Waals surface area contributed by atoms with Gasteiger partial charge in [-0.25, -0.2) is 15.4 Å². The third-order valence-electron chi connectivity index (χ3n) is 3.92. The smallest absolute Gasteiger partial charge is 0.243 e. The van der Waals surface area contributed by atoms with Crippen LogP contribution in [0.4, 0.5) is 5.95 Å². The lowest BCUT2D eigenvalue weighted by Gasteiger charge is -2.11. The van der Waals surface area contributed by atoms with Crippen LogP contribution in [0.2, 0.25) is 0 Å². The highest BCUT2D eigenvalue weighted by molar-refractivity contribution is 6.00. The summed E-state index contributed by atoms with van der Waals surface area (Å²) in [6.07, 6.45) is 2.83. The lowest BCUT2D eigenvalue weighted by atomic mass is 9.96. The maximum absolute atomic E-state index is 4.53. The fraction of sp³-hybridized carbons (Fsp3) is 0.450. The zero-order valence-corrected chi connectivity index (χ0v) is 15.4. The molecule has 2 aromatic rings. The van der Waals surface area contributed by atoms with Crippen LogP contribution in [0.25, 0.3) is 0 Å². The van der Waals surface area contributed by atoms with E-state index in [0.29, 0.717) is 11.9 Å². The second-order valence-corrected chi connectivity index (χ2v) is 6.45. The van der Waals surface area contributed by atoms with Crippen molar-refractivity contribution >= 4 is 11.7 Å². The van der Waals surface area contributed by atoms with Crippen molar-refractivity contribution in [2.24, 2.45) is 11.0 Å². The molecule has 2 rings (SSSR count). The average Bonchev–Trinajstić information content (AvgIpc) is 2.59. The lowest BCUT2D eigenvalue weighted by Crippen LogP contribution is -2.08. The maximum atomic E-state index is 4.53. The molecule has 0 aliphatic carbocycles. The van der Waals surface area contributed by atoms with E-state index in [0.717, 1.165) is 36.4 Å². The zero-order valence-electron chi connectivity index (χ0n) is 15.4. The Morgan fingerprint density at radius 3 is 2.29 bits per heavy atom. The quantitative estimate of drug-likeness (QED) is 0.596. The molecule has 0 amide bonds. The van der Waals surface area contributed by atoms with E-state index in [4.69, 9.17) is 0 Å². The molecule has 0 saturated heterocycles. The Morgan fingerprint density at radius 1 is 1.08 bits per heavy atom. The monoisotopic (exact) mass is 324 g/mol. The summed E-state index contributed by atoms with van der Waals surface area (Å²) in [5, 5.41) is 4.53. The standard InChI is InChI=1S/C20H28N4/c1-6-17-13-18(7-2)22-20(21-17)24-23-15(5)19-11-9-8-10-16(19)12-14(3)4/h8-11,13-14H,6-7,12H2,1-5H3,(H,21,22,24). The molecular weight excluding hydrogens is 296 g/mol. The minimum absolute atomic E-state index is 0.576. The molecule has 0 fully saturated rings. The number of hydrogen-bond acceptors (Lipinski definition) is 4. The van der Waals surface area contributed by atoms with Gasteiger partial charge >= 0.3 is 0 Å². The van der Waals surface area contributed by atoms with Crippen molar-refractivity contribution < 1.29 is 0 Å². The van der Waals surface area contributed by atoms with Crippen molar-refractivity contribution in [3.05, 3.63) is 52.8 Å². The summed E-state index contributed by atoms with van der Waals surface area (Å²) >= 11 is 0. The molecule has 1 N–H and O–H groups in total. The largest absolute Gasteiger partial charge is 0.245 e. The predicted octanol–water partition coefficient (Wildman–Crippen LogP) is 4.64. The summed E-state index contributed by atoms with van der Waals surface area (Å²) in [6.45, 7) is 10.7. The van der Waals surface area contributed by atoms with Crippen LogP contribution in [0.1, 0.15) is 57.1 Å². The third-order valence-corrected chi connectivity index (χ3v) is 3.92. The van der Waals surface area contributed by atoms with Gasteiger partial charge in [0.25, 0.3) is 0 Å². The Balaban J connectivity index is 2.23. The number of nitrogens with zero attached hydrogens (tertiary/aromatic N) is 3. The number of aryl methyl sites for hydroxylation is 2. The summed E-state index contributed by atoms with van der Waals surface area (Å²) in [4.78, 5) is 9.01. The Hall–Kier alpha value is -2.23. The molecule has 0 radical (unpaired) electrons. The number of anilines is 1. The molecule has 4 nitrogen and oxygen atoms in total. The van der Waals surface area contributed by atoms with Crippen LogP contribution in [-0.4, -0.2) is 15.7 Å². The molecule has 1 aromatic heterocycles. The van der Waals surface area contributed by atoms with Crippen LogP contribution >= 0.6 is 0 Å². The van der Waals surface area contributed by atoms with Crippen molar-refractivity contribution in [2.45, 2.75) is 53.9 Å². The van der Waals surface area contributed by atoms with Crippen molar-refractivity contribution in [3.8, 4) is 0 Å². The Kier molecular flexibility index (Phi) is 6.47. The van der Waals surface area contributed by atoms with Crippen LogP contribution in [0.3, 0.4) is 0 Å². The molecule has 0 unspecified atom stereocenters. The molecule has 4 heteroatoms. The molecule has 0 saturated carbocycles. The number of hydrazone groups is 1. The first-order valence-corrected chi connectivity index (χ1v) is 8.78. The summed E-state index contributed by atoms with van der Waals surface area (Å²) < 4.78 is 0. The van der Waals surface area contributed by atoms with Crippen LogP contribution < -0.4 is 5.43 Å². The lowest BCUT2D eigenvalue weighted by molar-refractivity contribution is 0.646. The number of aromatic nitrogens is 2. The van der Waals surface area contributed by atoms with E-state index in [2.05, 4.69) is 78.5 Å². The Labute approximate surface area is 145 Å². The van der Waals surface area contributed by atoms with Crippen molar-refractivity contribution in [2.75, 3.05) is 5.43 Å². The predicted molar refractivity (Wildman–Crippen MR) is 102 cm³/mol. The normalized spacial score (nSPS) is 11.8. The molecule has 0 aliphatic heterocycles. The summed E-state index contributed by atoms with van der Waals surface area (Å²) in [5.74, 6) is 1.19. The van der Waals surface area contributed by atoms with Crippen LogP contribution in [0.15, 0.2) is 35.4 Å². The first-order chi connectivity index (χ1) is 11.5. The van der Waals surface area contributed by atoms with Gasteiger partial charge in [0.1, 0.15) is 0 Å². The number of rotatable bonds is 7. The van der Waals surface area contributed by atoms with E-state index in [9.17, 15) is 0 Å². The molecule has 24 heavy (non-hydrogen) atoms. The summed E-state index contributed by atoms with van der Waals surface area (Å²) in [5.41, 5.74) is 8.58. The minimum Gasteiger partial charge on any atom is -0.245 e. The van der Waals surface area contributed by atoms with Gasteiger partial charge in [-0.15, -0.1) is 0 Å². The highest BCUT2D eigenvalue weighted by Gasteiger charge is 2.08. The second kappa shape index (κ2) is 8.57. The Morgan fingerprint density at radius 2 is 1.71 bits per heavy atom. The van der Waals surface area contributed by atoms with Crippen molar-refractivity contribution in [3.63, 3.8) is 0 Å². The molecule has 128 valence electrons. The topological polar surface area (TPSA) is 50.2 Å². The SMILES string of the molecule is CCc1cc(CC)nc(NN=C(C)c2ccccc2CC(C)C)n1. The second-order valence-electron chi connectivity index (χ2n) is 6.45. The van der Waals surface area contributed by atoms with Gasteiger partial charge in [0.2, 0.25) is 5.95 Å². The van der Waals surface area contributed by atoms with Crippen molar-refractivity contribution in [1.29, 1.82) is 0 Å². The van der Waals surface area contributed by atoms with Gasteiger partial charge < -0.3 is 0 Å². The molecule has 0 aliphatic rings. The van der Waals surface area contributed by atoms with E-state index in [1.54, 1.807) is 0 Å². The van der Waals surface area contributed by atoms with Gasteiger partial charge in [0.05, 0.1) is 5.71 Å². The van der Waals surface area contributed by atoms with Gasteiger partial charge in [-0.1, -0.05) is 52.0 Å². The van der Waals surface area contributed by atoms with E-state index in [-0.39, 0.29) is 0 Å². The first kappa shape index (κ1) is 18.1. The first-order valence-electron chi connectivity index (χ1n) is 8.78. The molecule has 1 heterocycles. The maximum Gasteiger partial charge on any atom is 0.243 e. The third kappa shape index (κ3) is 4.88. The molecular formula is C20H28N4. The van der Waals surface area contributed by atoms with Crippen LogP contribution in [0.5, 0.6) is 0 Å². The zero-order chi connectivity index (χ0) is 17.5. The van der Waals surface area contributed by atoms with Gasteiger partial charge in [0.15, 0.2) is 0 Å².